The van der Waals surface area contributed by atoms with Crippen LogP contribution in [0, 0.1) is 0 Å². The van der Waals surface area contributed by atoms with Gasteiger partial charge < -0.3 is 19.3 Å². The second-order valence-corrected chi connectivity index (χ2v) is 12.3. The summed E-state index contributed by atoms with van der Waals surface area (Å²) in [6.07, 6.45) is 3.03. The molecule has 4 atom stereocenters. The molecule has 10 nitrogen and oxygen atoms in total. The zero-order chi connectivity index (χ0) is 25.7. The maximum Gasteiger partial charge on any atom is 0.296 e. The van der Waals surface area contributed by atoms with Gasteiger partial charge in [-0.1, -0.05) is 35.9 Å². The van der Waals surface area contributed by atoms with Crippen LogP contribution in [-0.2, 0) is 19.2 Å². The van der Waals surface area contributed by atoms with Gasteiger partial charge in [0.05, 0.1) is 41.5 Å². The first-order chi connectivity index (χ1) is 17.7. The number of nitrogens with one attached hydrogen (secondary N) is 1. The maximum absolute atomic E-state index is 11.9. The molecule has 37 heavy (non-hydrogen) atoms. The summed E-state index contributed by atoms with van der Waals surface area (Å²) in [7, 11) is -2.24. The van der Waals surface area contributed by atoms with E-state index in [0.29, 0.717) is 34.2 Å². The Morgan fingerprint density at radius 2 is 1.84 bits per heavy atom. The lowest BCUT2D eigenvalue weighted by Gasteiger charge is -2.15. The standard InChI is InChI=1S/C25H24ClN5O5S/c1-37(2,33)31-15-7-8-17(27-10-15)13-3-5-14(6-4-13)21-16(26)9-18-24(29-21)30-25(28-18)36-20-12-35-22-19(32)11-34-23(20)22/h3-10,19-20,22-23,32H,11-12H2,1-2H3,(H,28,29,30)/t19-,20-,22?,23-/m1/s1. The Labute approximate surface area is 218 Å². The zero-order valence-electron chi connectivity index (χ0n) is 20.0. The number of aliphatic hydroxyl groups excluding tert-OH is 1. The van der Waals surface area contributed by atoms with E-state index in [9.17, 15) is 9.32 Å². The van der Waals surface area contributed by atoms with Gasteiger partial charge in [0, 0.05) is 33.4 Å². The van der Waals surface area contributed by atoms with Gasteiger partial charge in [-0.05, 0) is 18.2 Å². The summed E-state index contributed by atoms with van der Waals surface area (Å²) in [4.78, 5) is 16.7. The molecular formula is C25H24ClN5O5S. The van der Waals surface area contributed by atoms with E-state index >= 15 is 0 Å². The molecule has 3 aromatic heterocycles. The van der Waals surface area contributed by atoms with Crippen LogP contribution in [0.4, 0.5) is 5.69 Å². The summed E-state index contributed by atoms with van der Waals surface area (Å²) in [5.74, 6) is 0. The SMILES string of the molecule is CS(C)(=O)=Nc1ccc(-c2ccc(-c3nc4[nH]c(O[C@@H]5COC6[C@H](O)CO[C@@H]65)nc4cc3Cl)cc2)nc1. The Morgan fingerprint density at radius 1 is 1.08 bits per heavy atom. The Balaban J connectivity index is 1.22. The molecule has 5 heterocycles. The van der Waals surface area contributed by atoms with Gasteiger partial charge in [0.2, 0.25) is 0 Å². The van der Waals surface area contributed by atoms with Crippen LogP contribution in [0.1, 0.15) is 0 Å². The normalized spacial score (nSPS) is 23.4. The van der Waals surface area contributed by atoms with Crippen molar-refractivity contribution in [2.75, 3.05) is 25.7 Å². The summed E-state index contributed by atoms with van der Waals surface area (Å²) in [6, 6.07) is 13.4. The highest BCUT2D eigenvalue weighted by atomic mass is 35.5. The number of benzene rings is 1. The van der Waals surface area contributed by atoms with Crippen molar-refractivity contribution in [3.63, 3.8) is 0 Å². The Bertz CT molecular complexity index is 1580. The first kappa shape index (κ1) is 24.3. The smallest absolute Gasteiger partial charge is 0.296 e. The first-order valence-electron chi connectivity index (χ1n) is 11.6. The Morgan fingerprint density at radius 3 is 2.57 bits per heavy atom. The molecule has 1 aromatic carbocycles. The number of hydrogen-bond donors (Lipinski definition) is 2. The number of aromatic nitrogens is 4. The van der Waals surface area contributed by atoms with Crippen LogP contribution < -0.4 is 4.74 Å². The van der Waals surface area contributed by atoms with Crippen LogP contribution in [0.2, 0.25) is 5.02 Å². The number of halogens is 1. The highest BCUT2D eigenvalue weighted by Gasteiger charge is 2.48. The molecule has 0 aliphatic carbocycles. The van der Waals surface area contributed by atoms with Crippen LogP contribution in [0.3, 0.4) is 0 Å². The van der Waals surface area contributed by atoms with Crippen LogP contribution in [0.15, 0.2) is 53.0 Å². The average Bonchev–Trinajstić information content (AvgIpc) is 3.55. The van der Waals surface area contributed by atoms with Gasteiger partial charge in [0.15, 0.2) is 11.8 Å². The minimum atomic E-state index is -2.24. The third kappa shape index (κ3) is 4.92. The average molecular weight is 542 g/mol. The predicted molar refractivity (Wildman–Crippen MR) is 140 cm³/mol. The number of ether oxygens (including phenoxy) is 3. The molecule has 2 aliphatic heterocycles. The van der Waals surface area contributed by atoms with Crippen LogP contribution in [0.5, 0.6) is 6.01 Å². The molecular weight excluding hydrogens is 518 g/mol. The van der Waals surface area contributed by atoms with E-state index in [4.69, 9.17) is 25.8 Å². The quantitative estimate of drug-likeness (QED) is 0.391. The zero-order valence-corrected chi connectivity index (χ0v) is 21.6. The van der Waals surface area contributed by atoms with E-state index in [1.165, 1.54) is 0 Å². The summed E-state index contributed by atoms with van der Waals surface area (Å²) in [6.45, 7) is 0.533. The summed E-state index contributed by atoms with van der Waals surface area (Å²) in [5, 5.41) is 10.4. The van der Waals surface area contributed by atoms with Gasteiger partial charge in [-0.15, -0.1) is 0 Å². The van der Waals surface area contributed by atoms with Crippen molar-refractivity contribution in [3.05, 3.63) is 53.7 Å². The van der Waals surface area contributed by atoms with E-state index in [2.05, 4.69) is 24.3 Å². The first-order valence-corrected chi connectivity index (χ1v) is 14.3. The molecule has 4 aromatic rings. The van der Waals surface area contributed by atoms with Gasteiger partial charge >= 0.3 is 0 Å². The molecule has 6 rings (SSSR count). The van der Waals surface area contributed by atoms with Crippen molar-refractivity contribution >= 4 is 38.2 Å². The highest BCUT2D eigenvalue weighted by Crippen LogP contribution is 2.33. The molecule has 0 saturated carbocycles. The van der Waals surface area contributed by atoms with Crippen molar-refractivity contribution in [3.8, 4) is 28.5 Å². The third-order valence-corrected chi connectivity index (χ3v) is 7.11. The van der Waals surface area contributed by atoms with E-state index < -0.39 is 15.8 Å². The lowest BCUT2D eigenvalue weighted by Crippen LogP contribution is -2.34. The Kier molecular flexibility index (Phi) is 6.12. The summed E-state index contributed by atoms with van der Waals surface area (Å²) >= 11 is 6.56. The topological polar surface area (TPSA) is 132 Å². The molecule has 0 bridgehead atoms. The maximum atomic E-state index is 11.9. The van der Waals surface area contributed by atoms with Crippen LogP contribution in [0.25, 0.3) is 33.7 Å². The van der Waals surface area contributed by atoms with Gasteiger partial charge in [0.1, 0.15) is 23.8 Å². The molecule has 2 N–H and O–H groups in total. The lowest BCUT2D eigenvalue weighted by molar-refractivity contribution is 0.00706. The fraction of sp³-hybridized carbons (Fsp3) is 0.320. The number of aliphatic hydroxyl groups is 1. The van der Waals surface area contributed by atoms with Gasteiger partial charge in [-0.2, -0.15) is 9.35 Å². The van der Waals surface area contributed by atoms with Crippen molar-refractivity contribution in [1.29, 1.82) is 0 Å². The molecule has 192 valence electrons. The third-order valence-electron chi connectivity index (χ3n) is 6.18. The van der Waals surface area contributed by atoms with E-state index in [0.717, 1.165) is 16.8 Å². The molecule has 1 unspecified atom stereocenters. The number of H-pyrrole nitrogens is 1. The number of rotatable bonds is 5. The number of fused-ring (bicyclic) bond motifs is 2. The van der Waals surface area contributed by atoms with E-state index in [1.54, 1.807) is 30.8 Å². The fourth-order valence-corrected chi connectivity index (χ4v) is 5.38. The molecule has 2 aliphatic rings. The summed E-state index contributed by atoms with van der Waals surface area (Å²) in [5.41, 5.74) is 4.80. The van der Waals surface area contributed by atoms with Crippen molar-refractivity contribution in [2.45, 2.75) is 24.4 Å². The number of pyridine rings is 2. The predicted octanol–water partition coefficient (Wildman–Crippen LogP) is 3.61. The van der Waals surface area contributed by atoms with Crippen LogP contribution >= 0.6 is 11.6 Å². The summed E-state index contributed by atoms with van der Waals surface area (Å²) < 4.78 is 33.2. The molecule has 0 radical (unpaired) electrons. The molecule has 0 amide bonds. The number of imidazole rings is 1. The van der Waals surface area contributed by atoms with Gasteiger partial charge in [-0.3, -0.25) is 9.97 Å². The van der Waals surface area contributed by atoms with Crippen molar-refractivity contribution < 1.29 is 23.5 Å². The second kappa shape index (κ2) is 9.34. The number of aromatic amines is 1. The van der Waals surface area contributed by atoms with E-state index in [1.807, 2.05) is 30.3 Å². The van der Waals surface area contributed by atoms with Crippen LogP contribution in [-0.4, -0.2) is 79.4 Å². The van der Waals surface area contributed by atoms with Crippen molar-refractivity contribution in [2.24, 2.45) is 4.36 Å². The monoisotopic (exact) mass is 541 g/mol. The molecule has 2 saturated heterocycles. The largest absolute Gasteiger partial charge is 0.456 e. The highest BCUT2D eigenvalue weighted by molar-refractivity contribution is 7.92. The minimum Gasteiger partial charge on any atom is -0.456 e. The number of nitrogens with zero attached hydrogens (tertiary/aromatic N) is 4. The van der Waals surface area contributed by atoms with Gasteiger partial charge in [-0.25, -0.2) is 9.19 Å². The Hall–Kier alpha value is -3.09. The second-order valence-electron chi connectivity index (χ2n) is 9.30. The molecule has 0 spiro atoms. The molecule has 12 heteroatoms. The lowest BCUT2D eigenvalue weighted by atomic mass is 10.1. The fourth-order valence-electron chi connectivity index (χ4n) is 4.51. The van der Waals surface area contributed by atoms with Crippen molar-refractivity contribution in [1.82, 2.24) is 19.9 Å². The minimum absolute atomic E-state index is 0.229. The molecule has 2 fully saturated rings. The van der Waals surface area contributed by atoms with Gasteiger partial charge in [0.25, 0.3) is 6.01 Å². The number of hydrogen-bond acceptors (Lipinski definition) is 9. The van der Waals surface area contributed by atoms with E-state index in [-0.39, 0.29) is 30.9 Å².